The maximum Gasteiger partial charge on any atom is 0.301 e. The van der Waals surface area contributed by atoms with Crippen molar-refractivity contribution in [2.24, 2.45) is 0 Å². The number of hydrogen-bond acceptors (Lipinski definition) is 8. The van der Waals surface area contributed by atoms with Crippen LogP contribution >= 0.6 is 11.3 Å². The van der Waals surface area contributed by atoms with Crippen molar-refractivity contribution in [1.29, 1.82) is 0 Å². The quantitative estimate of drug-likeness (QED) is 0.128. The topological polar surface area (TPSA) is 98.2 Å². The van der Waals surface area contributed by atoms with E-state index in [9.17, 15) is 19.1 Å². The largest absolute Gasteiger partial charge is 0.507 e. The van der Waals surface area contributed by atoms with Gasteiger partial charge in [-0.3, -0.25) is 14.5 Å². The normalized spacial score (nSPS) is 16.4. The van der Waals surface area contributed by atoms with Gasteiger partial charge in [0.15, 0.2) is 16.6 Å². The van der Waals surface area contributed by atoms with Crippen molar-refractivity contribution in [3.63, 3.8) is 0 Å². The second-order valence-electron chi connectivity index (χ2n) is 9.22. The van der Waals surface area contributed by atoms with Crippen LogP contribution in [-0.2, 0) is 9.59 Å². The van der Waals surface area contributed by atoms with Gasteiger partial charge in [0.25, 0.3) is 5.78 Å². The summed E-state index contributed by atoms with van der Waals surface area (Å²) in [5.41, 5.74) is 1.23. The minimum atomic E-state index is -1.04. The highest BCUT2D eigenvalue weighted by Crippen LogP contribution is 2.46. The number of thiazole rings is 1. The average molecular weight is 577 g/mol. The number of aliphatic hydroxyl groups excluding tert-OH is 1. The van der Waals surface area contributed by atoms with Crippen LogP contribution in [0.5, 0.6) is 17.2 Å². The van der Waals surface area contributed by atoms with Gasteiger partial charge in [-0.25, -0.2) is 9.37 Å². The van der Waals surface area contributed by atoms with Crippen LogP contribution in [0.25, 0.3) is 16.0 Å². The number of fused-ring (bicyclic) bond motifs is 1. The number of aliphatic hydroxyl groups is 1. The predicted octanol–water partition coefficient (Wildman–Crippen LogP) is 6.65. The molecule has 0 bridgehead atoms. The summed E-state index contributed by atoms with van der Waals surface area (Å²) >= 11 is 1.08. The summed E-state index contributed by atoms with van der Waals surface area (Å²) in [6.07, 6.45) is 0.843. The van der Waals surface area contributed by atoms with E-state index in [0.29, 0.717) is 58.4 Å². The van der Waals surface area contributed by atoms with Crippen molar-refractivity contribution < 1.29 is 33.3 Å². The van der Waals surface area contributed by atoms with E-state index in [1.807, 2.05) is 20.8 Å². The first-order chi connectivity index (χ1) is 19.9. The lowest BCUT2D eigenvalue weighted by atomic mass is 9.95. The van der Waals surface area contributed by atoms with Gasteiger partial charge in [-0.05, 0) is 80.4 Å². The minimum Gasteiger partial charge on any atom is -0.507 e. The van der Waals surface area contributed by atoms with Crippen LogP contribution in [0.3, 0.4) is 0 Å². The molecule has 0 radical (unpaired) electrons. The lowest BCUT2D eigenvalue weighted by Crippen LogP contribution is -2.29. The lowest BCUT2D eigenvalue weighted by molar-refractivity contribution is -0.132. The van der Waals surface area contributed by atoms with Gasteiger partial charge in [0.1, 0.15) is 17.3 Å². The number of hydrogen-bond donors (Lipinski definition) is 1. The molecule has 1 aromatic heterocycles. The highest BCUT2D eigenvalue weighted by Gasteiger charge is 2.48. The second kappa shape index (κ2) is 12.0. The summed E-state index contributed by atoms with van der Waals surface area (Å²) in [6, 6.07) is 14.9. The third-order valence-corrected chi connectivity index (χ3v) is 7.49. The number of ketones is 1. The Labute approximate surface area is 240 Å². The number of carbonyl (C=O) groups is 2. The van der Waals surface area contributed by atoms with E-state index in [0.717, 1.165) is 17.8 Å². The van der Waals surface area contributed by atoms with E-state index in [1.54, 1.807) is 42.5 Å². The molecule has 8 nitrogen and oxygen atoms in total. The Bertz CT molecular complexity index is 1630. The monoisotopic (exact) mass is 576 g/mol. The Morgan fingerprint density at radius 1 is 0.951 bits per heavy atom. The Hall–Kier alpha value is -4.44. The number of halogens is 1. The fourth-order valence-electron chi connectivity index (χ4n) is 4.66. The molecule has 1 N–H and O–H groups in total. The Balaban J connectivity index is 1.68. The van der Waals surface area contributed by atoms with Crippen molar-refractivity contribution >= 4 is 44.1 Å². The molecular formula is C31H29FN2O6S. The maximum absolute atomic E-state index is 13.9. The average Bonchev–Trinajstić information content (AvgIpc) is 3.50. The number of aromatic nitrogens is 1. The first kappa shape index (κ1) is 28.1. The molecule has 0 aliphatic carbocycles. The van der Waals surface area contributed by atoms with Crippen LogP contribution in [0.2, 0.25) is 0 Å². The van der Waals surface area contributed by atoms with E-state index in [1.165, 1.54) is 23.1 Å². The Morgan fingerprint density at radius 2 is 1.68 bits per heavy atom. The van der Waals surface area contributed by atoms with Crippen LogP contribution in [0.1, 0.15) is 44.4 Å². The molecule has 0 saturated carbocycles. The number of carbonyl (C=O) groups excluding carboxylic acids is 2. The van der Waals surface area contributed by atoms with E-state index < -0.39 is 23.5 Å². The fourth-order valence-corrected chi connectivity index (χ4v) is 5.67. The summed E-state index contributed by atoms with van der Waals surface area (Å²) in [5.74, 6) is -0.936. The number of anilines is 1. The SMILES string of the molecule is CCCOc1ccc(C(O)=C2C(=O)C(=O)N(c3nc4ccc(F)cc4s3)C2c2ccc(OCC)c(OCC)c2)cc1. The first-order valence-electron chi connectivity index (χ1n) is 13.4. The number of nitrogens with zero attached hydrogens (tertiary/aromatic N) is 2. The highest BCUT2D eigenvalue weighted by molar-refractivity contribution is 7.22. The zero-order valence-electron chi connectivity index (χ0n) is 22.8. The van der Waals surface area contributed by atoms with Gasteiger partial charge in [-0.1, -0.05) is 24.3 Å². The molecule has 0 spiro atoms. The number of rotatable bonds is 10. The Kier molecular flexibility index (Phi) is 8.21. The van der Waals surface area contributed by atoms with E-state index in [-0.39, 0.29) is 16.5 Å². The van der Waals surface area contributed by atoms with E-state index in [4.69, 9.17) is 14.2 Å². The van der Waals surface area contributed by atoms with Gasteiger partial charge in [-0.15, -0.1) is 0 Å². The van der Waals surface area contributed by atoms with Crippen LogP contribution < -0.4 is 19.1 Å². The smallest absolute Gasteiger partial charge is 0.301 e. The summed E-state index contributed by atoms with van der Waals surface area (Å²) in [5, 5.41) is 11.7. The molecule has 5 rings (SSSR count). The van der Waals surface area contributed by atoms with Gasteiger partial charge in [0, 0.05) is 5.56 Å². The second-order valence-corrected chi connectivity index (χ2v) is 10.2. The molecule has 212 valence electrons. The van der Waals surface area contributed by atoms with Crippen molar-refractivity contribution in [3.8, 4) is 17.2 Å². The third kappa shape index (κ3) is 5.47. The van der Waals surface area contributed by atoms with Crippen molar-refractivity contribution in [1.82, 2.24) is 4.98 Å². The van der Waals surface area contributed by atoms with Crippen molar-refractivity contribution in [2.75, 3.05) is 24.7 Å². The summed E-state index contributed by atoms with van der Waals surface area (Å²) < 4.78 is 31.6. The van der Waals surface area contributed by atoms with E-state index in [2.05, 4.69) is 4.98 Å². The van der Waals surface area contributed by atoms with Gasteiger partial charge < -0.3 is 19.3 Å². The predicted molar refractivity (Wildman–Crippen MR) is 155 cm³/mol. The maximum atomic E-state index is 13.9. The fraction of sp³-hybridized carbons (Fsp3) is 0.258. The zero-order chi connectivity index (χ0) is 29.1. The van der Waals surface area contributed by atoms with Gasteiger partial charge >= 0.3 is 5.91 Å². The summed E-state index contributed by atoms with van der Waals surface area (Å²) in [6.45, 7) is 7.01. The molecule has 1 unspecified atom stereocenters. The standard InChI is InChI=1S/C31H29FN2O6S/c1-4-15-40-21-11-7-18(8-12-21)28(35)26-27(19-9-14-23(38-5-2)24(16-19)39-6-3)34(30(37)29(26)36)31-33-22-13-10-20(32)17-25(22)41-31/h7-14,16-17,27,35H,4-6,15H2,1-3H3. The number of amides is 1. The summed E-state index contributed by atoms with van der Waals surface area (Å²) in [4.78, 5) is 32.9. The van der Waals surface area contributed by atoms with Gasteiger partial charge in [0.05, 0.1) is 41.7 Å². The van der Waals surface area contributed by atoms with Gasteiger partial charge in [-0.2, -0.15) is 0 Å². The number of Topliss-reactive ketones (excluding diaryl/α,β-unsaturated/α-hetero) is 1. The number of ether oxygens (including phenoxy) is 3. The number of benzene rings is 3. The molecule has 1 aliphatic rings. The Morgan fingerprint density at radius 3 is 2.39 bits per heavy atom. The molecule has 1 fully saturated rings. The molecule has 1 atom stereocenters. The molecule has 1 saturated heterocycles. The van der Waals surface area contributed by atoms with E-state index >= 15 is 0 Å². The zero-order valence-corrected chi connectivity index (χ0v) is 23.7. The van der Waals surface area contributed by atoms with Crippen LogP contribution in [0.15, 0.2) is 66.2 Å². The van der Waals surface area contributed by atoms with Gasteiger partial charge in [0.2, 0.25) is 0 Å². The highest BCUT2D eigenvalue weighted by atomic mass is 32.1. The molecular weight excluding hydrogens is 547 g/mol. The first-order valence-corrected chi connectivity index (χ1v) is 14.2. The van der Waals surface area contributed by atoms with Crippen molar-refractivity contribution in [3.05, 3.63) is 83.2 Å². The molecule has 1 amide bonds. The molecule has 4 aromatic rings. The molecule has 41 heavy (non-hydrogen) atoms. The molecule has 1 aliphatic heterocycles. The summed E-state index contributed by atoms with van der Waals surface area (Å²) in [7, 11) is 0. The van der Waals surface area contributed by atoms with Crippen LogP contribution in [0, 0.1) is 5.82 Å². The lowest BCUT2D eigenvalue weighted by Gasteiger charge is -2.24. The molecule has 3 aromatic carbocycles. The molecule has 2 heterocycles. The molecule has 10 heteroatoms. The van der Waals surface area contributed by atoms with Crippen LogP contribution in [0.4, 0.5) is 9.52 Å². The van der Waals surface area contributed by atoms with Crippen molar-refractivity contribution in [2.45, 2.75) is 33.2 Å². The third-order valence-electron chi connectivity index (χ3n) is 6.47. The minimum absolute atomic E-state index is 0.103. The van der Waals surface area contributed by atoms with Crippen LogP contribution in [-0.4, -0.2) is 41.6 Å².